The van der Waals surface area contributed by atoms with Crippen molar-refractivity contribution in [2.75, 3.05) is 11.2 Å². The van der Waals surface area contributed by atoms with Crippen LogP contribution in [-0.2, 0) is 0 Å². The van der Waals surface area contributed by atoms with E-state index in [4.69, 9.17) is 10.8 Å². The lowest BCUT2D eigenvalue weighted by Crippen LogP contribution is -2.47. The maximum atomic E-state index is 10.8. The van der Waals surface area contributed by atoms with Gasteiger partial charge in [0.25, 0.3) is 0 Å². The fourth-order valence-electron chi connectivity index (χ4n) is 2.46. The summed E-state index contributed by atoms with van der Waals surface area (Å²) in [6, 6.07) is 2.24. The molecular weight excluding hydrogens is 244 g/mol. The highest BCUT2D eigenvalue weighted by Crippen LogP contribution is 2.25. The van der Waals surface area contributed by atoms with Crippen molar-refractivity contribution in [1.82, 2.24) is 9.99 Å². The second-order valence-corrected chi connectivity index (χ2v) is 5.11. The molecule has 2 atom stereocenters. The van der Waals surface area contributed by atoms with Crippen LogP contribution in [0.1, 0.15) is 43.5 Å². The third-order valence-electron chi connectivity index (χ3n) is 3.59. The zero-order chi connectivity index (χ0) is 14.0. The molecule has 1 aliphatic rings. The standard InChI is InChI=1S/C13H20N4O2/c1-8-4-3-5-9(2)17(8)16-12-11(14)6-10(7-15-12)13(18)19/h6-9H,3-5,14H2,1-2H3,(H,15,16)(H,18,19). The smallest absolute Gasteiger partial charge is 0.337 e. The molecule has 0 saturated carbocycles. The molecule has 1 aromatic rings. The van der Waals surface area contributed by atoms with E-state index in [1.807, 2.05) is 0 Å². The van der Waals surface area contributed by atoms with Crippen molar-refractivity contribution >= 4 is 17.5 Å². The van der Waals surface area contributed by atoms with E-state index in [0.717, 1.165) is 12.8 Å². The van der Waals surface area contributed by atoms with Gasteiger partial charge in [0, 0.05) is 18.3 Å². The summed E-state index contributed by atoms with van der Waals surface area (Å²) in [7, 11) is 0. The largest absolute Gasteiger partial charge is 0.478 e. The van der Waals surface area contributed by atoms with E-state index in [-0.39, 0.29) is 5.56 Å². The number of hydrogen-bond donors (Lipinski definition) is 3. The average Bonchev–Trinajstić information content (AvgIpc) is 2.35. The van der Waals surface area contributed by atoms with Crippen LogP contribution >= 0.6 is 0 Å². The number of piperidine rings is 1. The highest BCUT2D eigenvalue weighted by Gasteiger charge is 2.25. The summed E-state index contributed by atoms with van der Waals surface area (Å²) in [6.07, 6.45) is 4.80. The fourth-order valence-corrected chi connectivity index (χ4v) is 2.46. The zero-order valence-electron chi connectivity index (χ0n) is 11.3. The summed E-state index contributed by atoms with van der Waals surface area (Å²) in [6.45, 7) is 4.31. The zero-order valence-corrected chi connectivity index (χ0v) is 11.3. The van der Waals surface area contributed by atoms with E-state index < -0.39 is 5.97 Å². The van der Waals surface area contributed by atoms with E-state index >= 15 is 0 Å². The quantitative estimate of drug-likeness (QED) is 0.773. The molecule has 104 valence electrons. The molecule has 0 aromatic carbocycles. The minimum Gasteiger partial charge on any atom is -0.478 e. The fraction of sp³-hybridized carbons (Fsp3) is 0.538. The van der Waals surface area contributed by atoms with Crippen LogP contribution in [0.5, 0.6) is 0 Å². The lowest BCUT2D eigenvalue weighted by atomic mass is 10.00. The molecule has 1 aromatic heterocycles. The second kappa shape index (κ2) is 5.44. The van der Waals surface area contributed by atoms with Gasteiger partial charge in [0.2, 0.25) is 0 Å². The highest BCUT2D eigenvalue weighted by atomic mass is 16.4. The summed E-state index contributed by atoms with van der Waals surface area (Å²) in [5.74, 6) is -0.504. The van der Waals surface area contributed by atoms with Crippen molar-refractivity contribution < 1.29 is 9.90 Å². The molecule has 2 unspecified atom stereocenters. The number of hydrogen-bond acceptors (Lipinski definition) is 5. The van der Waals surface area contributed by atoms with Crippen LogP contribution < -0.4 is 11.2 Å². The Labute approximate surface area is 112 Å². The van der Waals surface area contributed by atoms with E-state index in [9.17, 15) is 4.79 Å². The molecule has 2 rings (SSSR count). The van der Waals surface area contributed by atoms with Crippen LogP contribution in [0.4, 0.5) is 11.5 Å². The van der Waals surface area contributed by atoms with E-state index in [0.29, 0.717) is 23.6 Å². The predicted octanol–water partition coefficient (Wildman–Crippen LogP) is 1.95. The van der Waals surface area contributed by atoms with Crippen molar-refractivity contribution in [2.24, 2.45) is 0 Å². The minimum absolute atomic E-state index is 0.0998. The Kier molecular flexibility index (Phi) is 3.90. The van der Waals surface area contributed by atoms with Gasteiger partial charge in [-0.15, -0.1) is 0 Å². The number of nitrogens with one attached hydrogen (secondary N) is 1. The lowest BCUT2D eigenvalue weighted by Gasteiger charge is -2.39. The lowest BCUT2D eigenvalue weighted by molar-refractivity contribution is 0.0696. The molecule has 1 fully saturated rings. The molecule has 0 spiro atoms. The molecule has 6 heteroatoms. The van der Waals surface area contributed by atoms with E-state index in [1.165, 1.54) is 18.7 Å². The van der Waals surface area contributed by atoms with Gasteiger partial charge in [-0.05, 0) is 32.8 Å². The topological polar surface area (TPSA) is 91.5 Å². The number of pyridine rings is 1. The van der Waals surface area contributed by atoms with Crippen molar-refractivity contribution in [1.29, 1.82) is 0 Å². The van der Waals surface area contributed by atoms with Crippen LogP contribution in [0.15, 0.2) is 12.3 Å². The Morgan fingerprint density at radius 2 is 2.11 bits per heavy atom. The van der Waals surface area contributed by atoms with Crippen LogP contribution in [0.2, 0.25) is 0 Å². The Morgan fingerprint density at radius 1 is 1.47 bits per heavy atom. The monoisotopic (exact) mass is 264 g/mol. The number of nitrogens with two attached hydrogens (primary N) is 1. The average molecular weight is 264 g/mol. The van der Waals surface area contributed by atoms with Gasteiger partial charge >= 0.3 is 5.97 Å². The van der Waals surface area contributed by atoms with Crippen LogP contribution in [0, 0.1) is 0 Å². The molecule has 2 heterocycles. The number of nitrogens with zero attached hydrogens (tertiary/aromatic N) is 2. The van der Waals surface area contributed by atoms with Gasteiger partial charge in [0.05, 0.1) is 11.3 Å². The summed E-state index contributed by atoms with van der Waals surface area (Å²) < 4.78 is 0. The molecule has 0 radical (unpaired) electrons. The van der Waals surface area contributed by atoms with Crippen molar-refractivity contribution in [2.45, 2.75) is 45.2 Å². The summed E-state index contributed by atoms with van der Waals surface area (Å²) in [4.78, 5) is 14.9. The number of carboxylic acids is 1. The third kappa shape index (κ3) is 2.96. The first-order valence-electron chi connectivity index (χ1n) is 6.53. The maximum absolute atomic E-state index is 10.8. The molecule has 0 amide bonds. The molecule has 6 nitrogen and oxygen atoms in total. The third-order valence-corrected chi connectivity index (χ3v) is 3.59. The first-order chi connectivity index (χ1) is 8.99. The van der Waals surface area contributed by atoms with Gasteiger partial charge < -0.3 is 16.3 Å². The number of hydrazine groups is 1. The Balaban J connectivity index is 2.16. The Bertz CT molecular complexity index is 468. The molecule has 0 bridgehead atoms. The number of nitrogen functional groups attached to an aromatic ring is 1. The Hall–Kier alpha value is -1.82. The number of rotatable bonds is 3. The SMILES string of the molecule is CC1CCCC(C)N1Nc1ncc(C(=O)O)cc1N. The van der Waals surface area contributed by atoms with Crippen LogP contribution in [0.25, 0.3) is 0 Å². The molecule has 0 aliphatic carbocycles. The van der Waals surface area contributed by atoms with Crippen LogP contribution in [-0.4, -0.2) is 33.2 Å². The van der Waals surface area contributed by atoms with Gasteiger partial charge in [-0.2, -0.15) is 0 Å². The van der Waals surface area contributed by atoms with Gasteiger partial charge in [0.15, 0.2) is 5.82 Å². The number of anilines is 2. The van der Waals surface area contributed by atoms with Gasteiger partial charge in [0.1, 0.15) is 0 Å². The number of aromatic nitrogens is 1. The number of carbonyl (C=O) groups is 1. The number of carboxylic acid groups (broad SMARTS) is 1. The first kappa shape index (κ1) is 13.6. The van der Waals surface area contributed by atoms with Crippen molar-refractivity contribution in [3.05, 3.63) is 17.8 Å². The Morgan fingerprint density at radius 3 is 2.63 bits per heavy atom. The molecule has 1 saturated heterocycles. The predicted molar refractivity (Wildman–Crippen MR) is 73.8 cm³/mol. The second-order valence-electron chi connectivity index (χ2n) is 5.11. The molecule has 19 heavy (non-hydrogen) atoms. The summed E-state index contributed by atoms with van der Waals surface area (Å²) >= 11 is 0. The molecule has 1 aliphatic heterocycles. The molecule has 4 N–H and O–H groups in total. The van der Waals surface area contributed by atoms with Gasteiger partial charge in [-0.1, -0.05) is 6.42 Å². The summed E-state index contributed by atoms with van der Waals surface area (Å²) in [5, 5.41) is 11.0. The molecular formula is C13H20N4O2. The van der Waals surface area contributed by atoms with Gasteiger partial charge in [-0.25, -0.2) is 14.8 Å². The summed E-state index contributed by atoms with van der Waals surface area (Å²) in [5.41, 5.74) is 9.52. The first-order valence-corrected chi connectivity index (χ1v) is 6.53. The minimum atomic E-state index is -1.02. The highest BCUT2D eigenvalue weighted by molar-refractivity contribution is 5.89. The van der Waals surface area contributed by atoms with E-state index in [1.54, 1.807) is 0 Å². The van der Waals surface area contributed by atoms with Gasteiger partial charge in [-0.3, -0.25) is 0 Å². The van der Waals surface area contributed by atoms with E-state index in [2.05, 4.69) is 29.3 Å². The normalized spacial score (nSPS) is 24.1. The van der Waals surface area contributed by atoms with Crippen LogP contribution in [0.3, 0.4) is 0 Å². The maximum Gasteiger partial charge on any atom is 0.337 e. The number of aromatic carboxylic acids is 1. The van der Waals surface area contributed by atoms with Crippen molar-refractivity contribution in [3.63, 3.8) is 0 Å². The van der Waals surface area contributed by atoms with Crippen molar-refractivity contribution in [3.8, 4) is 0 Å².